The van der Waals surface area contributed by atoms with Crippen LogP contribution >= 0.6 is 0 Å². The molecule has 78 valence electrons. The van der Waals surface area contributed by atoms with Crippen molar-refractivity contribution in [1.82, 2.24) is 10.0 Å². The molecule has 2 aromatic rings. The van der Waals surface area contributed by atoms with Crippen LogP contribution in [0.2, 0.25) is 0 Å². The molecule has 0 aliphatic carbocycles. The van der Waals surface area contributed by atoms with E-state index in [0.29, 0.717) is 13.1 Å². The van der Waals surface area contributed by atoms with E-state index < -0.39 is 0 Å². The van der Waals surface area contributed by atoms with Gasteiger partial charge < -0.3 is 5.21 Å². The van der Waals surface area contributed by atoms with Crippen LogP contribution in [-0.4, -0.2) is 21.8 Å². The van der Waals surface area contributed by atoms with Gasteiger partial charge in [-0.25, -0.2) is 0 Å². The predicted octanol–water partition coefficient (Wildman–Crippen LogP) is 2.45. The van der Waals surface area contributed by atoms with Gasteiger partial charge in [0.1, 0.15) is 0 Å². The van der Waals surface area contributed by atoms with Crippen molar-refractivity contribution in [2.24, 2.45) is 0 Å². The van der Waals surface area contributed by atoms with Gasteiger partial charge in [0.25, 0.3) is 0 Å². The highest BCUT2D eigenvalue weighted by molar-refractivity contribution is 5.84. The largest absolute Gasteiger partial charge is 0.314 e. The molecule has 1 N–H and O–H groups in total. The van der Waals surface area contributed by atoms with Crippen LogP contribution in [-0.2, 0) is 6.54 Å². The Labute approximate surface area is 88.9 Å². The van der Waals surface area contributed by atoms with E-state index >= 15 is 0 Å². The average Bonchev–Trinajstić information content (AvgIpc) is 2.29. The SMILES string of the molecule is CCN(O)Cc1cncc2ccccc12. The summed E-state index contributed by atoms with van der Waals surface area (Å²) in [6.45, 7) is 3.05. The normalized spacial score (nSPS) is 11.1. The number of pyridine rings is 1. The molecule has 3 heteroatoms. The summed E-state index contributed by atoms with van der Waals surface area (Å²) >= 11 is 0. The fourth-order valence-electron chi connectivity index (χ4n) is 1.61. The minimum atomic E-state index is 0.519. The van der Waals surface area contributed by atoms with Crippen LogP contribution in [0.1, 0.15) is 12.5 Å². The standard InChI is InChI=1S/C12H14N2O/c1-2-14(15)9-11-8-13-7-10-5-3-4-6-12(10)11/h3-8,15H,2,9H2,1H3. The van der Waals surface area contributed by atoms with E-state index in [9.17, 15) is 5.21 Å². The number of fused-ring (bicyclic) bond motifs is 1. The summed E-state index contributed by atoms with van der Waals surface area (Å²) in [5, 5.41) is 13.0. The molecule has 0 bridgehead atoms. The summed E-state index contributed by atoms with van der Waals surface area (Å²) in [7, 11) is 0. The Kier molecular flexibility index (Phi) is 2.94. The number of aromatic nitrogens is 1. The molecule has 1 aromatic heterocycles. The lowest BCUT2D eigenvalue weighted by Gasteiger charge is -2.13. The molecule has 15 heavy (non-hydrogen) atoms. The summed E-state index contributed by atoms with van der Waals surface area (Å²) in [5.41, 5.74) is 1.05. The molecule has 3 nitrogen and oxygen atoms in total. The Morgan fingerprint density at radius 3 is 2.87 bits per heavy atom. The van der Waals surface area contributed by atoms with Crippen LogP contribution in [0, 0.1) is 0 Å². The van der Waals surface area contributed by atoms with Gasteiger partial charge in [0.05, 0.1) is 6.54 Å². The molecule has 0 amide bonds. The second kappa shape index (κ2) is 4.38. The van der Waals surface area contributed by atoms with Crippen LogP contribution in [0.3, 0.4) is 0 Å². The van der Waals surface area contributed by atoms with Crippen molar-refractivity contribution in [3.05, 3.63) is 42.2 Å². The maximum Gasteiger partial charge on any atom is 0.0509 e. The molecule has 0 unspecified atom stereocenters. The summed E-state index contributed by atoms with van der Waals surface area (Å²) in [4.78, 5) is 4.16. The fourth-order valence-corrected chi connectivity index (χ4v) is 1.61. The smallest absolute Gasteiger partial charge is 0.0509 e. The average molecular weight is 202 g/mol. The zero-order valence-electron chi connectivity index (χ0n) is 8.72. The molecule has 1 heterocycles. The lowest BCUT2D eigenvalue weighted by atomic mass is 10.1. The van der Waals surface area contributed by atoms with E-state index in [-0.39, 0.29) is 0 Å². The molecule has 0 aliphatic rings. The number of nitrogens with zero attached hydrogens (tertiary/aromatic N) is 2. The van der Waals surface area contributed by atoms with Crippen molar-refractivity contribution in [1.29, 1.82) is 0 Å². The summed E-state index contributed by atoms with van der Waals surface area (Å²) < 4.78 is 0. The van der Waals surface area contributed by atoms with Gasteiger partial charge in [0.15, 0.2) is 0 Å². The topological polar surface area (TPSA) is 36.4 Å². The van der Waals surface area contributed by atoms with Gasteiger partial charge in [-0.2, -0.15) is 5.06 Å². The second-order valence-electron chi connectivity index (χ2n) is 3.50. The van der Waals surface area contributed by atoms with Gasteiger partial charge in [-0.05, 0) is 10.9 Å². The van der Waals surface area contributed by atoms with Crippen molar-refractivity contribution >= 4 is 10.8 Å². The van der Waals surface area contributed by atoms with Crippen molar-refractivity contribution in [3.63, 3.8) is 0 Å². The number of hydroxylamine groups is 2. The van der Waals surface area contributed by atoms with Gasteiger partial charge >= 0.3 is 0 Å². The van der Waals surface area contributed by atoms with Crippen LogP contribution < -0.4 is 0 Å². The number of rotatable bonds is 3. The molecule has 0 fully saturated rings. The fraction of sp³-hybridized carbons (Fsp3) is 0.250. The van der Waals surface area contributed by atoms with E-state index in [0.717, 1.165) is 16.3 Å². The number of hydrogen-bond donors (Lipinski definition) is 1. The maximum absolute atomic E-state index is 9.48. The van der Waals surface area contributed by atoms with Crippen molar-refractivity contribution in [2.75, 3.05) is 6.54 Å². The summed E-state index contributed by atoms with van der Waals surface area (Å²) in [6, 6.07) is 8.07. The van der Waals surface area contributed by atoms with E-state index in [1.807, 2.05) is 31.3 Å². The minimum Gasteiger partial charge on any atom is -0.314 e. The Balaban J connectivity index is 2.42. The highest BCUT2D eigenvalue weighted by Gasteiger charge is 2.04. The first-order valence-corrected chi connectivity index (χ1v) is 5.06. The first-order chi connectivity index (χ1) is 7.31. The lowest BCUT2D eigenvalue weighted by molar-refractivity contribution is -0.0943. The Morgan fingerprint density at radius 1 is 1.27 bits per heavy atom. The third-order valence-corrected chi connectivity index (χ3v) is 2.47. The number of hydrogen-bond acceptors (Lipinski definition) is 3. The highest BCUT2D eigenvalue weighted by Crippen LogP contribution is 2.17. The highest BCUT2D eigenvalue weighted by atomic mass is 16.5. The zero-order chi connectivity index (χ0) is 10.7. The Bertz CT molecular complexity index is 451. The first-order valence-electron chi connectivity index (χ1n) is 5.06. The van der Waals surface area contributed by atoms with E-state index in [1.165, 1.54) is 5.06 Å². The van der Waals surface area contributed by atoms with Crippen LogP contribution in [0.15, 0.2) is 36.7 Å². The van der Waals surface area contributed by atoms with Crippen molar-refractivity contribution < 1.29 is 5.21 Å². The van der Waals surface area contributed by atoms with Crippen LogP contribution in [0.25, 0.3) is 10.8 Å². The zero-order valence-corrected chi connectivity index (χ0v) is 8.72. The molecule has 0 aliphatic heterocycles. The van der Waals surface area contributed by atoms with Gasteiger partial charge in [0.2, 0.25) is 0 Å². The van der Waals surface area contributed by atoms with Gasteiger partial charge in [-0.3, -0.25) is 4.98 Å². The molecule has 0 atom stereocenters. The quantitative estimate of drug-likeness (QED) is 0.777. The van der Waals surface area contributed by atoms with Gasteiger partial charge in [-0.15, -0.1) is 0 Å². The lowest BCUT2D eigenvalue weighted by Crippen LogP contribution is -2.17. The minimum absolute atomic E-state index is 0.519. The molecular formula is C12H14N2O. The molecule has 2 rings (SSSR count). The van der Waals surface area contributed by atoms with Gasteiger partial charge in [-0.1, -0.05) is 31.2 Å². The molecule has 0 saturated carbocycles. The summed E-state index contributed by atoms with van der Waals surface area (Å²) in [6.07, 6.45) is 3.65. The number of benzene rings is 1. The Morgan fingerprint density at radius 2 is 2.07 bits per heavy atom. The molecular weight excluding hydrogens is 188 g/mol. The summed E-state index contributed by atoms with van der Waals surface area (Å²) in [5.74, 6) is 0. The molecule has 0 saturated heterocycles. The van der Waals surface area contributed by atoms with Crippen molar-refractivity contribution in [3.8, 4) is 0 Å². The molecule has 0 radical (unpaired) electrons. The van der Waals surface area contributed by atoms with Crippen LogP contribution in [0.4, 0.5) is 0 Å². The second-order valence-corrected chi connectivity index (χ2v) is 3.50. The van der Waals surface area contributed by atoms with E-state index in [2.05, 4.69) is 11.1 Å². The van der Waals surface area contributed by atoms with E-state index in [4.69, 9.17) is 0 Å². The molecule has 0 spiro atoms. The monoisotopic (exact) mass is 202 g/mol. The predicted molar refractivity (Wildman–Crippen MR) is 59.6 cm³/mol. The first kappa shape index (κ1) is 10.1. The Hall–Kier alpha value is -1.45. The molecule has 1 aromatic carbocycles. The van der Waals surface area contributed by atoms with E-state index in [1.54, 1.807) is 6.20 Å². The maximum atomic E-state index is 9.48. The van der Waals surface area contributed by atoms with Gasteiger partial charge in [0, 0.05) is 24.3 Å². The van der Waals surface area contributed by atoms with Crippen molar-refractivity contribution in [2.45, 2.75) is 13.5 Å². The van der Waals surface area contributed by atoms with Crippen LogP contribution in [0.5, 0.6) is 0 Å². The third kappa shape index (κ3) is 2.14. The third-order valence-electron chi connectivity index (χ3n) is 2.47.